The summed E-state index contributed by atoms with van der Waals surface area (Å²) < 4.78 is 1.96. The molecule has 2 aromatic rings. The van der Waals surface area contributed by atoms with E-state index in [4.69, 9.17) is 0 Å². The molecule has 1 aliphatic rings. The zero-order chi connectivity index (χ0) is 15.5. The first-order valence-electron chi connectivity index (χ1n) is 7.82. The van der Waals surface area contributed by atoms with Crippen LogP contribution in [0.2, 0.25) is 0 Å². The zero-order valence-corrected chi connectivity index (χ0v) is 14.4. The fraction of sp³-hybridized carbons (Fsp3) is 0.412. The largest absolute Gasteiger partial charge is 0.349 e. The van der Waals surface area contributed by atoms with Crippen LogP contribution in [0, 0.1) is 6.92 Å². The first-order chi connectivity index (χ1) is 10.7. The lowest BCUT2D eigenvalue weighted by Crippen LogP contribution is -2.31. The maximum absolute atomic E-state index is 12.4. The number of aryl methyl sites for hydroxylation is 1. The van der Waals surface area contributed by atoms with E-state index in [1.807, 2.05) is 23.9 Å². The minimum atomic E-state index is -0.0688. The van der Waals surface area contributed by atoms with E-state index in [0.29, 0.717) is 12.2 Å². The van der Waals surface area contributed by atoms with Gasteiger partial charge < -0.3 is 10.6 Å². The molecule has 0 spiro atoms. The van der Waals surface area contributed by atoms with E-state index in [2.05, 4.69) is 34.8 Å². The molecule has 0 fully saturated rings. The van der Waals surface area contributed by atoms with E-state index < -0.39 is 0 Å². The molecule has 0 saturated carbocycles. The maximum Gasteiger partial charge on any atom is 0.272 e. The van der Waals surface area contributed by atoms with Crippen molar-refractivity contribution in [2.24, 2.45) is 0 Å². The fourth-order valence-electron chi connectivity index (χ4n) is 3.00. The number of rotatable bonds is 5. The van der Waals surface area contributed by atoms with Crippen LogP contribution in [0.15, 0.2) is 24.3 Å². The molecule has 3 rings (SSSR count). The van der Waals surface area contributed by atoms with Crippen molar-refractivity contribution in [1.29, 1.82) is 0 Å². The van der Waals surface area contributed by atoms with E-state index >= 15 is 0 Å². The summed E-state index contributed by atoms with van der Waals surface area (Å²) in [4.78, 5) is 12.4. The van der Waals surface area contributed by atoms with Crippen molar-refractivity contribution in [2.75, 3.05) is 20.1 Å². The Bertz CT molecular complexity index is 696. The Morgan fingerprint density at radius 2 is 2.04 bits per heavy atom. The molecule has 1 aromatic heterocycles. The van der Waals surface area contributed by atoms with E-state index in [-0.39, 0.29) is 18.3 Å². The predicted molar refractivity (Wildman–Crippen MR) is 93.8 cm³/mol. The number of halogens is 1. The SMILES string of the molecule is CNCCNC(=O)c1nn(-c2ccccc2C)c2c1CCC2.Cl. The highest BCUT2D eigenvalue weighted by atomic mass is 35.5. The Morgan fingerprint density at radius 3 is 2.78 bits per heavy atom. The van der Waals surface area contributed by atoms with Crippen molar-refractivity contribution in [3.63, 3.8) is 0 Å². The molecule has 2 N–H and O–H groups in total. The number of hydrogen-bond donors (Lipinski definition) is 2. The van der Waals surface area contributed by atoms with Gasteiger partial charge in [0.1, 0.15) is 0 Å². The summed E-state index contributed by atoms with van der Waals surface area (Å²) in [7, 11) is 1.87. The highest BCUT2D eigenvalue weighted by Gasteiger charge is 2.27. The molecular weight excluding hydrogens is 312 g/mol. The van der Waals surface area contributed by atoms with Gasteiger partial charge in [-0.25, -0.2) is 4.68 Å². The van der Waals surface area contributed by atoms with E-state index in [9.17, 15) is 4.79 Å². The first kappa shape index (κ1) is 17.5. The number of carbonyl (C=O) groups is 1. The van der Waals surface area contributed by atoms with Crippen LogP contribution < -0.4 is 10.6 Å². The highest BCUT2D eigenvalue weighted by molar-refractivity contribution is 5.94. The van der Waals surface area contributed by atoms with Crippen molar-refractivity contribution in [3.8, 4) is 5.69 Å². The third kappa shape index (κ3) is 3.41. The summed E-state index contributed by atoms with van der Waals surface area (Å²) in [5.74, 6) is -0.0688. The van der Waals surface area contributed by atoms with Gasteiger partial charge in [-0.3, -0.25) is 4.79 Å². The Balaban J connectivity index is 0.00000192. The molecule has 1 aliphatic carbocycles. The standard InChI is InChI=1S/C17H22N4O.ClH/c1-12-6-3-4-8-14(12)21-15-9-5-7-13(15)16(20-21)17(22)19-11-10-18-2;/h3-4,6,8,18H,5,7,9-11H2,1-2H3,(H,19,22);1H. The Labute approximate surface area is 142 Å². The molecule has 0 aliphatic heterocycles. The summed E-state index contributed by atoms with van der Waals surface area (Å²) in [5, 5.41) is 10.6. The van der Waals surface area contributed by atoms with Crippen LogP contribution in [0.3, 0.4) is 0 Å². The third-order valence-electron chi connectivity index (χ3n) is 4.15. The van der Waals surface area contributed by atoms with Gasteiger partial charge in [-0.1, -0.05) is 18.2 Å². The normalized spacial score (nSPS) is 12.6. The second kappa shape index (κ2) is 7.62. The van der Waals surface area contributed by atoms with Crippen LogP contribution in [0.4, 0.5) is 0 Å². The maximum atomic E-state index is 12.4. The van der Waals surface area contributed by atoms with Crippen LogP contribution in [-0.2, 0) is 12.8 Å². The van der Waals surface area contributed by atoms with Gasteiger partial charge in [-0.15, -0.1) is 12.4 Å². The molecule has 5 nitrogen and oxygen atoms in total. The van der Waals surface area contributed by atoms with Gasteiger partial charge in [-0.05, 0) is 44.9 Å². The third-order valence-corrected chi connectivity index (χ3v) is 4.15. The molecule has 6 heteroatoms. The second-order valence-corrected chi connectivity index (χ2v) is 5.69. The first-order valence-corrected chi connectivity index (χ1v) is 7.82. The van der Waals surface area contributed by atoms with Gasteiger partial charge in [0, 0.05) is 24.3 Å². The number of benzene rings is 1. The minimum absolute atomic E-state index is 0. The molecule has 1 amide bonds. The smallest absolute Gasteiger partial charge is 0.272 e. The number of amides is 1. The summed E-state index contributed by atoms with van der Waals surface area (Å²) in [6, 6.07) is 8.17. The summed E-state index contributed by atoms with van der Waals surface area (Å²) in [6.07, 6.45) is 3.02. The van der Waals surface area contributed by atoms with Gasteiger partial charge in [0.2, 0.25) is 0 Å². The topological polar surface area (TPSA) is 58.9 Å². The molecule has 0 saturated heterocycles. The molecule has 1 heterocycles. The van der Waals surface area contributed by atoms with Crippen LogP contribution >= 0.6 is 12.4 Å². The van der Waals surface area contributed by atoms with Crippen LogP contribution in [0.1, 0.15) is 33.7 Å². The fourth-order valence-corrected chi connectivity index (χ4v) is 3.00. The average Bonchev–Trinajstić information content (AvgIpc) is 3.10. The number of fused-ring (bicyclic) bond motifs is 1. The van der Waals surface area contributed by atoms with Crippen LogP contribution in [0.5, 0.6) is 0 Å². The molecule has 1 aromatic carbocycles. The van der Waals surface area contributed by atoms with Crippen LogP contribution in [0.25, 0.3) is 5.69 Å². The minimum Gasteiger partial charge on any atom is -0.349 e. The number of nitrogens with zero attached hydrogens (tertiary/aromatic N) is 2. The Hall–Kier alpha value is -1.85. The predicted octanol–water partition coefficient (Wildman–Crippen LogP) is 2.04. The number of aromatic nitrogens is 2. The van der Waals surface area contributed by atoms with Crippen molar-refractivity contribution in [2.45, 2.75) is 26.2 Å². The highest BCUT2D eigenvalue weighted by Crippen LogP contribution is 2.28. The monoisotopic (exact) mass is 334 g/mol. The van der Waals surface area contributed by atoms with Crippen molar-refractivity contribution in [3.05, 3.63) is 46.8 Å². The summed E-state index contributed by atoms with van der Waals surface area (Å²) in [6.45, 7) is 3.44. The van der Waals surface area contributed by atoms with Crippen molar-refractivity contribution in [1.82, 2.24) is 20.4 Å². The molecule has 124 valence electrons. The zero-order valence-electron chi connectivity index (χ0n) is 13.6. The van der Waals surface area contributed by atoms with Crippen molar-refractivity contribution >= 4 is 18.3 Å². The molecule has 23 heavy (non-hydrogen) atoms. The molecule has 0 atom stereocenters. The molecular formula is C17H23ClN4O. The Kier molecular flexibility index (Phi) is 5.80. The lowest BCUT2D eigenvalue weighted by atomic mass is 10.2. The number of carbonyl (C=O) groups excluding carboxylic acids is 1. The molecule has 0 bridgehead atoms. The summed E-state index contributed by atoms with van der Waals surface area (Å²) in [5.41, 5.74) is 5.13. The summed E-state index contributed by atoms with van der Waals surface area (Å²) >= 11 is 0. The van der Waals surface area contributed by atoms with E-state index in [1.165, 1.54) is 11.3 Å². The van der Waals surface area contributed by atoms with E-state index in [0.717, 1.165) is 37.1 Å². The second-order valence-electron chi connectivity index (χ2n) is 5.69. The van der Waals surface area contributed by atoms with Gasteiger partial charge >= 0.3 is 0 Å². The average molecular weight is 335 g/mol. The lowest BCUT2D eigenvalue weighted by molar-refractivity contribution is 0.0948. The molecule has 0 unspecified atom stereocenters. The molecule has 0 radical (unpaired) electrons. The van der Waals surface area contributed by atoms with Gasteiger partial charge in [-0.2, -0.15) is 5.10 Å². The van der Waals surface area contributed by atoms with Gasteiger partial charge in [0.05, 0.1) is 5.69 Å². The van der Waals surface area contributed by atoms with Crippen molar-refractivity contribution < 1.29 is 4.79 Å². The van der Waals surface area contributed by atoms with Gasteiger partial charge in [0.15, 0.2) is 5.69 Å². The number of para-hydroxylation sites is 1. The van der Waals surface area contributed by atoms with Crippen LogP contribution in [-0.4, -0.2) is 35.8 Å². The number of hydrogen-bond acceptors (Lipinski definition) is 3. The lowest BCUT2D eigenvalue weighted by Gasteiger charge is -2.08. The Morgan fingerprint density at radius 1 is 1.26 bits per heavy atom. The quantitative estimate of drug-likeness (QED) is 0.823. The number of likely N-dealkylation sites (N-methyl/N-ethyl adjacent to an activating group) is 1. The van der Waals surface area contributed by atoms with E-state index in [1.54, 1.807) is 0 Å². The van der Waals surface area contributed by atoms with Gasteiger partial charge in [0.25, 0.3) is 5.91 Å². The number of nitrogens with one attached hydrogen (secondary N) is 2.